The van der Waals surface area contributed by atoms with E-state index in [1.54, 1.807) is 11.8 Å². The lowest BCUT2D eigenvalue weighted by Crippen LogP contribution is -2.14. The van der Waals surface area contributed by atoms with Crippen LogP contribution in [0.3, 0.4) is 0 Å². The highest BCUT2D eigenvalue weighted by Gasteiger charge is 2.16. The van der Waals surface area contributed by atoms with Gasteiger partial charge in [0.2, 0.25) is 0 Å². The minimum atomic E-state index is -0.181. The maximum absolute atomic E-state index is 11.3. The van der Waals surface area contributed by atoms with Gasteiger partial charge in [-0.1, -0.05) is 18.5 Å². The largest absolute Gasteiger partial charge is 0.489 e. The number of thioether (sulfide) groups is 1. The minimum Gasteiger partial charge on any atom is -0.489 e. The maximum atomic E-state index is 11.3. The van der Waals surface area contributed by atoms with Gasteiger partial charge >= 0.3 is 5.97 Å². The third-order valence-electron chi connectivity index (χ3n) is 3.10. The lowest BCUT2D eigenvalue weighted by atomic mass is 10.2. The number of hydrogen-bond donors (Lipinski definition) is 0. The Bertz CT molecular complexity index is 507. The molecule has 4 nitrogen and oxygen atoms in total. The van der Waals surface area contributed by atoms with Crippen LogP contribution in [-0.2, 0) is 15.3 Å². The van der Waals surface area contributed by atoms with Crippen LogP contribution in [0, 0.1) is 5.92 Å². The minimum absolute atomic E-state index is 0.115. The summed E-state index contributed by atoms with van der Waals surface area (Å²) in [4.78, 5) is 11.3. The van der Waals surface area contributed by atoms with E-state index < -0.39 is 0 Å². The van der Waals surface area contributed by atoms with Crippen LogP contribution in [0.25, 0.3) is 0 Å². The van der Waals surface area contributed by atoms with Gasteiger partial charge in [0.15, 0.2) is 11.5 Å². The highest BCUT2D eigenvalue weighted by Crippen LogP contribution is 2.38. The van der Waals surface area contributed by atoms with Gasteiger partial charge in [-0.3, -0.25) is 4.79 Å². The average Bonchev–Trinajstić information content (AvgIpc) is 2.72. The molecule has 1 aromatic carbocycles. The predicted octanol–water partition coefficient (Wildman–Crippen LogP) is 3.54. The third kappa shape index (κ3) is 4.45. The van der Waals surface area contributed by atoms with Crippen molar-refractivity contribution in [3.63, 3.8) is 0 Å². The Morgan fingerprint density at radius 2 is 2.19 bits per heavy atom. The molecule has 1 aliphatic rings. The van der Waals surface area contributed by atoms with Crippen molar-refractivity contribution in [2.75, 3.05) is 26.1 Å². The van der Waals surface area contributed by atoms with Gasteiger partial charge in [-0.25, -0.2) is 0 Å². The van der Waals surface area contributed by atoms with Crippen LogP contribution in [-0.4, -0.2) is 32.0 Å². The van der Waals surface area contributed by atoms with Crippen molar-refractivity contribution in [3.05, 3.63) is 22.7 Å². The van der Waals surface area contributed by atoms with Crippen LogP contribution in [0.2, 0.25) is 5.02 Å². The van der Waals surface area contributed by atoms with E-state index in [4.69, 9.17) is 25.8 Å². The lowest BCUT2D eigenvalue weighted by Gasteiger charge is -2.12. The van der Waals surface area contributed by atoms with Crippen molar-refractivity contribution in [3.8, 4) is 11.5 Å². The Balaban J connectivity index is 1.96. The van der Waals surface area contributed by atoms with Crippen molar-refractivity contribution in [2.24, 2.45) is 5.92 Å². The molecule has 1 atom stereocenters. The van der Waals surface area contributed by atoms with E-state index in [1.165, 1.54) is 7.11 Å². The molecule has 2 rings (SSSR count). The van der Waals surface area contributed by atoms with Gasteiger partial charge in [0, 0.05) is 17.9 Å². The van der Waals surface area contributed by atoms with Crippen molar-refractivity contribution in [1.29, 1.82) is 0 Å². The molecule has 1 aromatic rings. The third-order valence-corrected chi connectivity index (χ3v) is 4.66. The van der Waals surface area contributed by atoms with E-state index in [2.05, 4.69) is 0 Å². The fourth-order valence-electron chi connectivity index (χ4n) is 1.99. The quantitative estimate of drug-likeness (QED) is 0.773. The predicted molar refractivity (Wildman–Crippen MR) is 84.4 cm³/mol. The van der Waals surface area contributed by atoms with E-state index in [0.717, 1.165) is 17.7 Å². The lowest BCUT2D eigenvalue weighted by molar-refractivity contribution is -0.143. The first-order valence-electron chi connectivity index (χ1n) is 6.85. The highest BCUT2D eigenvalue weighted by molar-refractivity contribution is 7.98. The van der Waals surface area contributed by atoms with Gasteiger partial charge in [-0.15, -0.1) is 0 Å². The summed E-state index contributed by atoms with van der Waals surface area (Å²) in [6.45, 7) is 3.12. The second-order valence-corrected chi connectivity index (χ2v) is 6.33. The summed E-state index contributed by atoms with van der Waals surface area (Å²) in [7, 11) is 1.41. The summed E-state index contributed by atoms with van der Waals surface area (Å²) in [6, 6.07) is 3.85. The second-order valence-electron chi connectivity index (χ2n) is 4.89. The van der Waals surface area contributed by atoms with Crippen LogP contribution >= 0.6 is 23.4 Å². The molecule has 1 unspecified atom stereocenters. The molecule has 0 N–H and O–H groups in total. The van der Waals surface area contributed by atoms with Gasteiger partial charge < -0.3 is 14.2 Å². The number of halogens is 1. The summed E-state index contributed by atoms with van der Waals surface area (Å²) in [5.74, 6) is 2.51. The van der Waals surface area contributed by atoms with Gasteiger partial charge in [0.1, 0.15) is 0 Å². The molecule has 0 bridgehead atoms. The van der Waals surface area contributed by atoms with Crippen molar-refractivity contribution in [1.82, 2.24) is 0 Å². The van der Waals surface area contributed by atoms with Gasteiger partial charge in [0.05, 0.1) is 31.3 Å². The molecule has 0 radical (unpaired) electrons. The van der Waals surface area contributed by atoms with Crippen molar-refractivity contribution >= 4 is 29.3 Å². The molecule has 0 fully saturated rings. The summed E-state index contributed by atoms with van der Waals surface area (Å²) in [5, 5.41) is 0.575. The number of methoxy groups -OCH3 is 1. The van der Waals surface area contributed by atoms with Crippen molar-refractivity contribution in [2.45, 2.75) is 19.1 Å². The Hall–Kier alpha value is -1.07. The van der Waals surface area contributed by atoms with Gasteiger partial charge in [-0.05, 0) is 17.7 Å². The van der Waals surface area contributed by atoms with E-state index >= 15 is 0 Å². The smallest absolute Gasteiger partial charge is 0.309 e. The zero-order chi connectivity index (χ0) is 15.2. The van der Waals surface area contributed by atoms with E-state index in [1.807, 2.05) is 19.1 Å². The number of fused-ring (bicyclic) bond motifs is 1. The summed E-state index contributed by atoms with van der Waals surface area (Å²) in [5.41, 5.74) is 1.06. The van der Waals surface area contributed by atoms with Crippen LogP contribution in [0.4, 0.5) is 0 Å². The monoisotopic (exact) mass is 330 g/mol. The summed E-state index contributed by atoms with van der Waals surface area (Å²) in [6.07, 6.45) is 0.853. The topological polar surface area (TPSA) is 44.8 Å². The molecule has 0 aromatic heterocycles. The van der Waals surface area contributed by atoms with E-state index in [-0.39, 0.29) is 11.9 Å². The second kappa shape index (κ2) is 7.80. The maximum Gasteiger partial charge on any atom is 0.309 e. The SMILES string of the molecule is COC(=O)C(C)CSCc1cc(Cl)c2c(c1)OCCCO2. The molecule has 0 spiro atoms. The molecule has 0 saturated heterocycles. The highest BCUT2D eigenvalue weighted by atomic mass is 35.5. The first-order valence-corrected chi connectivity index (χ1v) is 8.38. The first-order chi connectivity index (χ1) is 10.1. The summed E-state index contributed by atoms with van der Waals surface area (Å²) >= 11 is 7.91. The molecule has 1 heterocycles. The Morgan fingerprint density at radius 1 is 1.43 bits per heavy atom. The Morgan fingerprint density at radius 3 is 2.95 bits per heavy atom. The number of carbonyl (C=O) groups excluding carboxylic acids is 1. The number of esters is 1. The molecular formula is C15H19ClO4S. The molecule has 0 amide bonds. The zero-order valence-electron chi connectivity index (χ0n) is 12.2. The number of hydrogen-bond acceptors (Lipinski definition) is 5. The number of carbonyl (C=O) groups is 1. The number of ether oxygens (including phenoxy) is 3. The van der Waals surface area contributed by atoms with Crippen LogP contribution in [0.1, 0.15) is 18.9 Å². The molecule has 0 aliphatic carbocycles. The standard InChI is InChI=1S/C15H19ClO4S/c1-10(15(17)18-2)8-21-9-11-6-12(16)14-13(7-11)19-4-3-5-20-14/h6-7,10H,3-5,8-9H2,1-2H3. The molecular weight excluding hydrogens is 312 g/mol. The fraction of sp³-hybridized carbons (Fsp3) is 0.533. The Labute approximate surface area is 134 Å². The van der Waals surface area contributed by atoms with Crippen molar-refractivity contribution < 1.29 is 19.0 Å². The normalized spacial score (nSPS) is 15.2. The average molecular weight is 331 g/mol. The Kier molecular flexibility index (Phi) is 6.06. The van der Waals surface area contributed by atoms with E-state index in [9.17, 15) is 4.79 Å². The summed E-state index contributed by atoms with van der Waals surface area (Å²) < 4.78 is 16.0. The van der Waals surface area contributed by atoms with E-state index in [0.29, 0.717) is 35.5 Å². The molecule has 21 heavy (non-hydrogen) atoms. The molecule has 6 heteroatoms. The first kappa shape index (κ1) is 16.3. The molecule has 116 valence electrons. The molecule has 0 saturated carbocycles. The number of benzene rings is 1. The van der Waals surface area contributed by atoms with Crippen LogP contribution < -0.4 is 9.47 Å². The van der Waals surface area contributed by atoms with Crippen LogP contribution in [0.15, 0.2) is 12.1 Å². The number of rotatable bonds is 5. The fourth-order valence-corrected chi connectivity index (χ4v) is 3.29. The van der Waals surface area contributed by atoms with Gasteiger partial charge in [-0.2, -0.15) is 11.8 Å². The van der Waals surface area contributed by atoms with Gasteiger partial charge in [0.25, 0.3) is 0 Å². The zero-order valence-corrected chi connectivity index (χ0v) is 13.8. The van der Waals surface area contributed by atoms with Crippen LogP contribution in [0.5, 0.6) is 11.5 Å². The molecule has 1 aliphatic heterocycles.